The number of phosphoric acid groups is 1. The molecule has 2 atom stereocenters. The number of unbranched alkanes of at least 4 members (excludes halogenated alkanes) is 37. The van der Waals surface area contributed by atoms with E-state index in [4.69, 9.17) is 18.5 Å². The molecule has 430 valence electrons. The smallest absolute Gasteiger partial charge is 0.457 e. The lowest BCUT2D eigenvalue weighted by atomic mass is 10.0. The van der Waals surface area contributed by atoms with Gasteiger partial charge in [0, 0.05) is 13.0 Å². The summed E-state index contributed by atoms with van der Waals surface area (Å²) in [5, 5.41) is 0. The predicted molar refractivity (Wildman–Crippen MR) is 316 cm³/mol. The van der Waals surface area contributed by atoms with Crippen molar-refractivity contribution < 1.29 is 37.3 Å². The number of esters is 1. The van der Waals surface area contributed by atoms with Crippen molar-refractivity contribution >= 4 is 13.8 Å². The molecule has 0 aromatic carbocycles. The molecule has 0 aromatic heterocycles. The highest BCUT2D eigenvalue weighted by Crippen LogP contribution is 2.43. The molecule has 0 heterocycles. The van der Waals surface area contributed by atoms with E-state index in [2.05, 4.69) is 62.5 Å². The molecule has 0 aliphatic carbocycles. The third kappa shape index (κ3) is 61.2. The first-order valence-corrected chi connectivity index (χ1v) is 32.9. The summed E-state index contributed by atoms with van der Waals surface area (Å²) in [5.41, 5.74) is 0. The van der Waals surface area contributed by atoms with Gasteiger partial charge in [0.15, 0.2) is 0 Å². The molecule has 0 aromatic rings. The van der Waals surface area contributed by atoms with E-state index < -0.39 is 13.9 Å². The molecule has 0 radical (unpaired) electrons. The monoisotopic (exact) mass is 1050 g/mol. The van der Waals surface area contributed by atoms with Crippen molar-refractivity contribution in [1.82, 2.24) is 0 Å². The Kier molecular flexibility index (Phi) is 55.5. The van der Waals surface area contributed by atoms with Gasteiger partial charge >= 0.3 is 13.8 Å². The van der Waals surface area contributed by atoms with Gasteiger partial charge < -0.3 is 18.9 Å². The minimum absolute atomic E-state index is 0.0880. The summed E-state index contributed by atoms with van der Waals surface area (Å²) in [6, 6.07) is 0. The molecule has 73 heavy (non-hydrogen) atoms. The van der Waals surface area contributed by atoms with Crippen molar-refractivity contribution in [3.8, 4) is 0 Å². The van der Waals surface area contributed by atoms with E-state index in [1.165, 1.54) is 231 Å². The van der Waals surface area contributed by atoms with Crippen molar-refractivity contribution in [2.75, 3.05) is 54.1 Å². The quantitative estimate of drug-likeness (QED) is 0.0213. The third-order valence-electron chi connectivity index (χ3n) is 13.9. The zero-order chi connectivity index (χ0) is 53.3. The minimum atomic E-state index is -4.29. The van der Waals surface area contributed by atoms with Crippen molar-refractivity contribution in [3.05, 3.63) is 48.6 Å². The number of carbonyl (C=O) groups excluding carboxylic acids is 1. The topological polar surface area (TPSA) is 91.3 Å². The van der Waals surface area contributed by atoms with Gasteiger partial charge in [-0.25, -0.2) is 4.57 Å². The molecule has 0 aliphatic heterocycles. The van der Waals surface area contributed by atoms with Gasteiger partial charge in [0.1, 0.15) is 19.3 Å². The number of nitrogens with zero attached hydrogens (tertiary/aromatic N) is 1. The highest BCUT2D eigenvalue weighted by Gasteiger charge is 2.26. The molecular weight excluding hydrogens is 926 g/mol. The Morgan fingerprint density at radius 2 is 0.753 bits per heavy atom. The normalized spacial score (nSPS) is 13.7. The van der Waals surface area contributed by atoms with E-state index in [9.17, 15) is 14.3 Å². The lowest BCUT2D eigenvalue weighted by Gasteiger charge is -2.24. The highest BCUT2D eigenvalue weighted by atomic mass is 31.2. The molecule has 0 saturated carbocycles. The number of ether oxygens (including phenoxy) is 2. The van der Waals surface area contributed by atoms with Gasteiger partial charge in [-0.05, 0) is 77.0 Å². The fourth-order valence-corrected chi connectivity index (χ4v) is 9.77. The van der Waals surface area contributed by atoms with Gasteiger partial charge in [-0.1, -0.05) is 262 Å². The van der Waals surface area contributed by atoms with Crippen LogP contribution in [-0.4, -0.2) is 75.6 Å². The molecule has 2 unspecified atom stereocenters. The standard InChI is InChI=1S/C64H122NO7P/c1-6-8-10-12-14-16-18-20-22-24-26-28-30-32-34-36-38-40-42-44-46-48-50-52-54-56-59-69-61-63(62-71-73(67,68)70-60-58-65(3,4)5)72-64(66)57-55-53-51-49-47-45-43-41-39-37-35-33-31-29-27-25-23-21-19-17-15-13-11-9-7-2/h19,21,24-27,31,33,63H,6-18,20,22-23,28-30,32,34-62H2,1-5H3/p+1/b21-19-,26-24-,27-25-,33-31-. The molecule has 0 spiro atoms. The van der Waals surface area contributed by atoms with E-state index in [1.54, 1.807) is 0 Å². The number of hydrogen-bond acceptors (Lipinski definition) is 6. The maximum absolute atomic E-state index is 12.8. The zero-order valence-electron chi connectivity index (χ0n) is 49.1. The van der Waals surface area contributed by atoms with E-state index in [1.807, 2.05) is 21.1 Å². The van der Waals surface area contributed by atoms with Crippen LogP contribution in [-0.2, 0) is 27.9 Å². The Bertz CT molecular complexity index is 1310. The molecule has 0 amide bonds. The molecule has 8 nitrogen and oxygen atoms in total. The molecule has 0 aliphatic rings. The van der Waals surface area contributed by atoms with Gasteiger partial charge in [0.05, 0.1) is 34.4 Å². The Morgan fingerprint density at radius 3 is 1.14 bits per heavy atom. The molecule has 0 rings (SSSR count). The van der Waals surface area contributed by atoms with Gasteiger partial charge in [-0.15, -0.1) is 0 Å². The number of hydrogen-bond donors (Lipinski definition) is 1. The zero-order valence-corrected chi connectivity index (χ0v) is 50.0. The second-order valence-electron chi connectivity index (χ2n) is 22.4. The summed E-state index contributed by atoms with van der Waals surface area (Å²) in [7, 11) is 1.67. The number of rotatable bonds is 59. The number of allylic oxidation sites excluding steroid dienone is 8. The molecule has 0 saturated heterocycles. The summed E-state index contributed by atoms with van der Waals surface area (Å²) in [6.45, 7) is 5.66. The molecular formula is C64H123NO7P+. The van der Waals surface area contributed by atoms with Crippen LogP contribution in [0.5, 0.6) is 0 Å². The number of carbonyl (C=O) groups is 1. The molecule has 9 heteroatoms. The molecule has 0 fully saturated rings. The largest absolute Gasteiger partial charge is 0.472 e. The molecule has 1 N–H and O–H groups in total. The third-order valence-corrected chi connectivity index (χ3v) is 14.8. The van der Waals surface area contributed by atoms with E-state index >= 15 is 0 Å². The van der Waals surface area contributed by atoms with Gasteiger partial charge in [0.2, 0.25) is 0 Å². The fraction of sp³-hybridized carbons (Fsp3) is 0.859. The Morgan fingerprint density at radius 1 is 0.425 bits per heavy atom. The maximum Gasteiger partial charge on any atom is 0.472 e. The van der Waals surface area contributed by atoms with Gasteiger partial charge in [-0.2, -0.15) is 0 Å². The second kappa shape index (κ2) is 56.7. The summed E-state index contributed by atoms with van der Waals surface area (Å²) in [4.78, 5) is 23.1. The first-order chi connectivity index (χ1) is 35.6. The Labute approximate surface area is 454 Å². The van der Waals surface area contributed by atoms with Crippen molar-refractivity contribution in [2.45, 2.75) is 302 Å². The highest BCUT2D eigenvalue weighted by molar-refractivity contribution is 7.47. The molecule has 0 bridgehead atoms. The van der Waals surface area contributed by atoms with Crippen LogP contribution in [0.1, 0.15) is 296 Å². The first kappa shape index (κ1) is 71.5. The van der Waals surface area contributed by atoms with E-state index in [0.29, 0.717) is 24.1 Å². The average Bonchev–Trinajstić information content (AvgIpc) is 3.35. The number of likely N-dealkylation sites (N-methyl/N-ethyl adjacent to an activating group) is 1. The SMILES string of the molecule is CCCCCCC/C=C\C/C=C\C/C=C\CCCCCCCCCCCCC(=O)OC(COCCCCCCCCCCCCCCCC/C=C\CCCCCCCCCC)COP(=O)(O)OCC[N+](C)(C)C. The van der Waals surface area contributed by atoms with Crippen LogP contribution < -0.4 is 0 Å². The van der Waals surface area contributed by atoms with Crippen LogP contribution in [0.3, 0.4) is 0 Å². The Balaban J connectivity index is 4.03. The average molecular weight is 1050 g/mol. The van der Waals surface area contributed by atoms with E-state index in [0.717, 1.165) is 44.9 Å². The van der Waals surface area contributed by atoms with Crippen LogP contribution >= 0.6 is 7.82 Å². The summed E-state index contributed by atoms with van der Waals surface area (Å²) >= 11 is 0. The van der Waals surface area contributed by atoms with Crippen molar-refractivity contribution in [3.63, 3.8) is 0 Å². The van der Waals surface area contributed by atoms with Gasteiger partial charge in [-0.3, -0.25) is 13.8 Å². The Hall–Kier alpha value is -1.54. The maximum atomic E-state index is 12.8. The van der Waals surface area contributed by atoms with Gasteiger partial charge in [0.25, 0.3) is 0 Å². The van der Waals surface area contributed by atoms with Crippen LogP contribution in [0.15, 0.2) is 48.6 Å². The number of phosphoric ester groups is 1. The summed E-state index contributed by atoms with van der Waals surface area (Å²) in [6.07, 6.45) is 73.3. The second-order valence-corrected chi connectivity index (χ2v) is 23.9. The predicted octanol–water partition coefficient (Wildman–Crippen LogP) is 20.2. The van der Waals surface area contributed by atoms with Crippen LogP contribution in [0, 0.1) is 0 Å². The van der Waals surface area contributed by atoms with Crippen molar-refractivity contribution in [1.29, 1.82) is 0 Å². The van der Waals surface area contributed by atoms with Crippen LogP contribution in [0.4, 0.5) is 0 Å². The van der Waals surface area contributed by atoms with Crippen molar-refractivity contribution in [2.24, 2.45) is 0 Å². The summed E-state index contributed by atoms with van der Waals surface area (Å²) in [5.74, 6) is -0.313. The number of quaternary nitrogens is 1. The lowest BCUT2D eigenvalue weighted by Crippen LogP contribution is -2.37. The van der Waals surface area contributed by atoms with Crippen LogP contribution in [0.25, 0.3) is 0 Å². The lowest BCUT2D eigenvalue weighted by molar-refractivity contribution is -0.870. The first-order valence-electron chi connectivity index (χ1n) is 31.4. The van der Waals surface area contributed by atoms with Crippen LogP contribution in [0.2, 0.25) is 0 Å². The minimum Gasteiger partial charge on any atom is -0.457 e. The fourth-order valence-electron chi connectivity index (χ4n) is 9.03. The van der Waals surface area contributed by atoms with E-state index in [-0.39, 0.29) is 25.8 Å². The summed E-state index contributed by atoms with van der Waals surface area (Å²) < 4.78 is 35.3.